The molecule has 0 saturated carbocycles. The normalized spacial score (nSPS) is 17.7. The molecule has 3 rings (SSSR count). The van der Waals surface area contributed by atoms with E-state index in [0.717, 1.165) is 35.7 Å². The summed E-state index contributed by atoms with van der Waals surface area (Å²) in [5.41, 5.74) is 1.62. The van der Waals surface area contributed by atoms with Gasteiger partial charge in [-0.15, -0.1) is 0 Å². The van der Waals surface area contributed by atoms with E-state index in [2.05, 4.69) is 14.6 Å². The highest BCUT2D eigenvalue weighted by Crippen LogP contribution is 2.27. The molecule has 1 aromatic carbocycles. The summed E-state index contributed by atoms with van der Waals surface area (Å²) >= 11 is 0. The first-order chi connectivity index (χ1) is 11.9. The van der Waals surface area contributed by atoms with Crippen molar-refractivity contribution in [3.63, 3.8) is 0 Å². The zero-order valence-corrected chi connectivity index (χ0v) is 15.5. The van der Waals surface area contributed by atoms with Crippen molar-refractivity contribution in [3.8, 4) is 5.75 Å². The summed E-state index contributed by atoms with van der Waals surface area (Å²) in [5, 5.41) is 0. The van der Waals surface area contributed by atoms with Crippen molar-refractivity contribution in [1.29, 1.82) is 0 Å². The number of hydrogen-bond donors (Lipinski definition) is 1. The molecule has 0 amide bonds. The molecule has 0 bridgehead atoms. The lowest BCUT2D eigenvalue weighted by Gasteiger charge is -2.18. The molecule has 1 aromatic heterocycles. The molecule has 2 aromatic rings. The quantitative estimate of drug-likeness (QED) is 0.884. The van der Waals surface area contributed by atoms with Gasteiger partial charge in [-0.2, -0.15) is 0 Å². The standard InChI is InChI=1S/C18H23N3O3S/c1-13-10-16(11-14(2)18(13)24-3)25(22,23)20-15-7-9-21(12-15)17-6-4-5-8-19-17/h4-6,8,10-11,15,20H,7,9,12H2,1-3H3. The van der Waals surface area contributed by atoms with E-state index in [9.17, 15) is 8.42 Å². The summed E-state index contributed by atoms with van der Waals surface area (Å²) in [6, 6.07) is 8.91. The molecule has 1 atom stereocenters. The van der Waals surface area contributed by atoms with E-state index in [1.165, 1.54) is 0 Å². The Balaban J connectivity index is 1.75. The smallest absolute Gasteiger partial charge is 0.240 e. The van der Waals surface area contributed by atoms with Crippen LogP contribution in [0, 0.1) is 13.8 Å². The van der Waals surface area contributed by atoms with E-state index in [1.54, 1.807) is 25.4 Å². The topological polar surface area (TPSA) is 71.5 Å². The molecule has 25 heavy (non-hydrogen) atoms. The first-order valence-corrected chi connectivity index (χ1v) is 9.72. The molecule has 1 N–H and O–H groups in total. The Hall–Kier alpha value is -2.12. The van der Waals surface area contributed by atoms with Crippen LogP contribution in [0.2, 0.25) is 0 Å². The average Bonchev–Trinajstić information content (AvgIpc) is 3.03. The number of aryl methyl sites for hydroxylation is 2. The Kier molecular flexibility index (Phi) is 4.96. The number of nitrogens with one attached hydrogen (secondary N) is 1. The van der Waals surface area contributed by atoms with Crippen molar-refractivity contribution in [2.75, 3.05) is 25.1 Å². The molecule has 1 aliphatic rings. The minimum absolute atomic E-state index is 0.130. The lowest BCUT2D eigenvalue weighted by Crippen LogP contribution is -2.37. The Morgan fingerprint density at radius 3 is 2.56 bits per heavy atom. The Labute approximate surface area is 148 Å². The van der Waals surface area contributed by atoms with Gasteiger partial charge in [-0.05, 0) is 55.7 Å². The number of sulfonamides is 1. The fourth-order valence-electron chi connectivity index (χ4n) is 3.28. The minimum Gasteiger partial charge on any atom is -0.496 e. The lowest BCUT2D eigenvalue weighted by atomic mass is 10.1. The number of anilines is 1. The SMILES string of the molecule is COc1c(C)cc(S(=O)(=O)NC2CCN(c3ccccn3)C2)cc1C. The predicted octanol–water partition coefficient (Wildman–Crippen LogP) is 2.26. The van der Waals surface area contributed by atoms with E-state index in [1.807, 2.05) is 32.0 Å². The van der Waals surface area contributed by atoms with Gasteiger partial charge in [0.05, 0.1) is 12.0 Å². The van der Waals surface area contributed by atoms with Crippen LogP contribution in [-0.4, -0.2) is 39.6 Å². The number of pyridine rings is 1. The van der Waals surface area contributed by atoms with E-state index in [0.29, 0.717) is 6.54 Å². The summed E-state index contributed by atoms with van der Waals surface area (Å²) in [6.07, 6.45) is 2.50. The van der Waals surface area contributed by atoms with Gasteiger partial charge >= 0.3 is 0 Å². The average molecular weight is 361 g/mol. The second-order valence-corrected chi connectivity index (χ2v) is 8.05. The number of hydrogen-bond acceptors (Lipinski definition) is 5. The molecule has 1 saturated heterocycles. The molecule has 1 fully saturated rings. The maximum atomic E-state index is 12.7. The third kappa shape index (κ3) is 3.77. The van der Waals surface area contributed by atoms with Gasteiger partial charge in [0.15, 0.2) is 0 Å². The van der Waals surface area contributed by atoms with Crippen LogP contribution in [0.4, 0.5) is 5.82 Å². The van der Waals surface area contributed by atoms with Gasteiger partial charge in [0.25, 0.3) is 0 Å². The van der Waals surface area contributed by atoms with Crippen LogP contribution in [0.5, 0.6) is 5.75 Å². The first kappa shape index (κ1) is 17.7. The summed E-state index contributed by atoms with van der Waals surface area (Å²) in [4.78, 5) is 6.70. The summed E-state index contributed by atoms with van der Waals surface area (Å²) in [6.45, 7) is 5.10. The Morgan fingerprint density at radius 1 is 1.24 bits per heavy atom. The molecular weight excluding hydrogens is 338 g/mol. The summed E-state index contributed by atoms with van der Waals surface area (Å²) in [5.74, 6) is 1.60. The van der Waals surface area contributed by atoms with Crippen LogP contribution < -0.4 is 14.4 Å². The number of methoxy groups -OCH3 is 1. The van der Waals surface area contributed by atoms with Crippen LogP contribution >= 0.6 is 0 Å². The third-order valence-electron chi connectivity index (χ3n) is 4.43. The van der Waals surface area contributed by atoms with Crippen LogP contribution in [0.25, 0.3) is 0 Å². The van der Waals surface area contributed by atoms with E-state index >= 15 is 0 Å². The van der Waals surface area contributed by atoms with Crippen LogP contribution in [-0.2, 0) is 10.0 Å². The molecule has 2 heterocycles. The third-order valence-corrected chi connectivity index (χ3v) is 5.93. The van der Waals surface area contributed by atoms with Crippen molar-refractivity contribution in [2.24, 2.45) is 0 Å². The zero-order valence-electron chi connectivity index (χ0n) is 14.7. The minimum atomic E-state index is -3.57. The van der Waals surface area contributed by atoms with Gasteiger partial charge in [-0.3, -0.25) is 0 Å². The molecule has 1 unspecified atom stereocenters. The Bertz CT molecular complexity index is 830. The second kappa shape index (κ2) is 7.01. The molecule has 7 heteroatoms. The highest BCUT2D eigenvalue weighted by molar-refractivity contribution is 7.89. The van der Waals surface area contributed by atoms with Crippen molar-refractivity contribution in [2.45, 2.75) is 31.2 Å². The van der Waals surface area contributed by atoms with Gasteiger partial charge in [-0.25, -0.2) is 18.1 Å². The van der Waals surface area contributed by atoms with Crippen LogP contribution in [0.1, 0.15) is 17.5 Å². The molecule has 1 aliphatic heterocycles. The summed E-state index contributed by atoms with van der Waals surface area (Å²) in [7, 11) is -1.98. The van der Waals surface area contributed by atoms with Crippen molar-refractivity contribution in [1.82, 2.24) is 9.71 Å². The van der Waals surface area contributed by atoms with Crippen LogP contribution in [0.3, 0.4) is 0 Å². The first-order valence-electron chi connectivity index (χ1n) is 8.24. The van der Waals surface area contributed by atoms with Gasteiger partial charge in [0, 0.05) is 25.3 Å². The number of benzene rings is 1. The van der Waals surface area contributed by atoms with Crippen molar-refractivity contribution < 1.29 is 13.2 Å². The molecule has 0 aliphatic carbocycles. The molecule has 0 spiro atoms. The van der Waals surface area contributed by atoms with E-state index in [-0.39, 0.29) is 10.9 Å². The molecule has 6 nitrogen and oxygen atoms in total. The van der Waals surface area contributed by atoms with Gasteiger partial charge < -0.3 is 9.64 Å². The summed E-state index contributed by atoms with van der Waals surface area (Å²) < 4.78 is 33.6. The van der Waals surface area contributed by atoms with E-state index in [4.69, 9.17) is 4.74 Å². The zero-order chi connectivity index (χ0) is 18.0. The van der Waals surface area contributed by atoms with Crippen LogP contribution in [0.15, 0.2) is 41.4 Å². The largest absolute Gasteiger partial charge is 0.496 e. The monoisotopic (exact) mass is 361 g/mol. The maximum Gasteiger partial charge on any atom is 0.240 e. The Morgan fingerprint density at radius 2 is 1.96 bits per heavy atom. The number of aromatic nitrogens is 1. The molecular formula is C18H23N3O3S. The number of ether oxygens (including phenoxy) is 1. The van der Waals surface area contributed by atoms with Gasteiger partial charge in [-0.1, -0.05) is 6.07 Å². The fourth-order valence-corrected chi connectivity index (χ4v) is 4.71. The highest BCUT2D eigenvalue weighted by Gasteiger charge is 2.28. The lowest BCUT2D eigenvalue weighted by molar-refractivity contribution is 0.408. The van der Waals surface area contributed by atoms with Crippen molar-refractivity contribution >= 4 is 15.8 Å². The fraction of sp³-hybridized carbons (Fsp3) is 0.389. The second-order valence-electron chi connectivity index (χ2n) is 6.33. The highest BCUT2D eigenvalue weighted by atomic mass is 32.2. The van der Waals surface area contributed by atoms with Crippen molar-refractivity contribution in [3.05, 3.63) is 47.7 Å². The number of rotatable bonds is 5. The van der Waals surface area contributed by atoms with Gasteiger partial charge in [0.2, 0.25) is 10.0 Å². The predicted molar refractivity (Wildman–Crippen MR) is 97.6 cm³/mol. The molecule has 0 radical (unpaired) electrons. The number of nitrogens with zero attached hydrogens (tertiary/aromatic N) is 2. The molecule has 134 valence electrons. The van der Waals surface area contributed by atoms with Gasteiger partial charge in [0.1, 0.15) is 11.6 Å². The maximum absolute atomic E-state index is 12.7. The van der Waals surface area contributed by atoms with E-state index < -0.39 is 10.0 Å².